The second kappa shape index (κ2) is 10.3. The van der Waals surface area contributed by atoms with Crippen LogP contribution in [0.1, 0.15) is 52.3 Å². The number of thiazole rings is 1. The van der Waals surface area contributed by atoms with E-state index in [9.17, 15) is 9.59 Å². The van der Waals surface area contributed by atoms with Crippen LogP contribution in [-0.4, -0.2) is 34.8 Å². The van der Waals surface area contributed by atoms with Crippen molar-refractivity contribution in [2.75, 3.05) is 18.4 Å². The van der Waals surface area contributed by atoms with Crippen molar-refractivity contribution in [3.63, 3.8) is 0 Å². The number of carbonyl (C=O) groups is 2. The van der Waals surface area contributed by atoms with Crippen molar-refractivity contribution in [1.82, 2.24) is 9.88 Å². The summed E-state index contributed by atoms with van der Waals surface area (Å²) < 4.78 is 0. The summed E-state index contributed by atoms with van der Waals surface area (Å²) in [4.78, 5) is 31.6. The van der Waals surface area contributed by atoms with Crippen LogP contribution in [0.25, 0.3) is 5.57 Å². The smallest absolute Gasteiger partial charge is 0.298 e. The molecular formula is C27H25N3O2S. The van der Waals surface area contributed by atoms with Crippen LogP contribution in [0.3, 0.4) is 0 Å². The number of amides is 2. The molecule has 0 saturated carbocycles. The molecule has 166 valence electrons. The lowest BCUT2D eigenvalue weighted by molar-refractivity contribution is -0.126. The van der Waals surface area contributed by atoms with E-state index in [4.69, 9.17) is 0 Å². The molecule has 3 aromatic rings. The van der Waals surface area contributed by atoms with E-state index in [1.165, 1.54) is 11.3 Å². The third kappa shape index (κ3) is 5.57. The minimum atomic E-state index is -0.227. The summed E-state index contributed by atoms with van der Waals surface area (Å²) in [5, 5.41) is 5.69. The van der Waals surface area contributed by atoms with Crippen molar-refractivity contribution >= 4 is 34.4 Å². The topological polar surface area (TPSA) is 62.3 Å². The number of para-hydroxylation sites is 1. The molecule has 2 aromatic carbocycles. The number of hydrogen-bond donors (Lipinski definition) is 1. The second-order valence-corrected chi connectivity index (χ2v) is 8.92. The normalized spacial score (nSPS) is 13.7. The van der Waals surface area contributed by atoms with E-state index < -0.39 is 0 Å². The standard InChI is InChI=1S/C27H25N3O2S/c1-19(2)22-10-6-7-11-23(22)28-26(32)24-18-33-27(29-24)21-14-16-30(17-15-21)25(31)13-12-20-8-4-3-5-9-20/h3-11,18,21H,1,14-17H2,2H3,(H,28,32). The van der Waals surface area contributed by atoms with Crippen molar-refractivity contribution in [2.24, 2.45) is 0 Å². The third-order valence-corrected chi connectivity index (χ3v) is 6.62. The minimum Gasteiger partial charge on any atom is -0.332 e. The van der Waals surface area contributed by atoms with Gasteiger partial charge in [0.2, 0.25) is 0 Å². The number of hydrogen-bond acceptors (Lipinski definition) is 4. The highest BCUT2D eigenvalue weighted by molar-refractivity contribution is 7.10. The summed E-state index contributed by atoms with van der Waals surface area (Å²) in [5.41, 5.74) is 3.78. The number of aromatic nitrogens is 1. The first kappa shape index (κ1) is 22.5. The monoisotopic (exact) mass is 455 g/mol. The zero-order valence-corrected chi connectivity index (χ0v) is 19.3. The zero-order chi connectivity index (χ0) is 23.2. The Labute approximate surface area is 198 Å². The molecule has 1 aromatic heterocycles. The summed E-state index contributed by atoms with van der Waals surface area (Å²) in [6.45, 7) is 7.17. The van der Waals surface area contributed by atoms with Crippen LogP contribution in [0, 0.1) is 11.8 Å². The Kier molecular flexibility index (Phi) is 7.01. The maximum absolute atomic E-state index is 12.8. The molecule has 2 heterocycles. The molecule has 0 radical (unpaired) electrons. The van der Waals surface area contributed by atoms with Gasteiger partial charge in [-0.15, -0.1) is 11.3 Å². The maximum Gasteiger partial charge on any atom is 0.298 e. The predicted octanol–water partition coefficient (Wildman–Crippen LogP) is 5.19. The van der Waals surface area contributed by atoms with Gasteiger partial charge in [0.25, 0.3) is 11.8 Å². The molecule has 1 N–H and O–H groups in total. The Bertz CT molecular complexity index is 1230. The fourth-order valence-electron chi connectivity index (χ4n) is 3.79. The molecule has 0 unspecified atom stereocenters. The molecule has 4 rings (SSSR count). The van der Waals surface area contributed by atoms with Crippen molar-refractivity contribution in [3.05, 3.63) is 88.4 Å². The van der Waals surface area contributed by atoms with Gasteiger partial charge < -0.3 is 10.2 Å². The Morgan fingerprint density at radius 3 is 2.52 bits per heavy atom. The average molecular weight is 456 g/mol. The number of rotatable bonds is 4. The Morgan fingerprint density at radius 1 is 1.09 bits per heavy atom. The van der Waals surface area contributed by atoms with Crippen LogP contribution < -0.4 is 5.32 Å². The van der Waals surface area contributed by atoms with Gasteiger partial charge in [-0.25, -0.2) is 4.98 Å². The first-order valence-corrected chi connectivity index (χ1v) is 11.8. The van der Waals surface area contributed by atoms with E-state index in [-0.39, 0.29) is 17.7 Å². The number of piperidine rings is 1. The van der Waals surface area contributed by atoms with Crippen LogP contribution >= 0.6 is 11.3 Å². The fraction of sp³-hybridized carbons (Fsp3) is 0.222. The number of nitrogens with one attached hydrogen (secondary N) is 1. The molecule has 6 heteroatoms. The third-order valence-electron chi connectivity index (χ3n) is 5.61. The van der Waals surface area contributed by atoms with Crippen molar-refractivity contribution in [1.29, 1.82) is 0 Å². The highest BCUT2D eigenvalue weighted by Crippen LogP contribution is 2.31. The molecule has 0 atom stereocenters. The molecule has 1 fully saturated rings. The van der Waals surface area contributed by atoms with Crippen LogP contribution in [0.5, 0.6) is 0 Å². The van der Waals surface area contributed by atoms with Gasteiger partial charge in [0, 0.05) is 47.1 Å². The SMILES string of the molecule is C=C(C)c1ccccc1NC(=O)c1csc(C2CCN(C(=O)C#Cc3ccccc3)CC2)n1. The van der Waals surface area contributed by atoms with Crippen LogP contribution in [-0.2, 0) is 4.79 Å². The van der Waals surface area contributed by atoms with E-state index >= 15 is 0 Å². The summed E-state index contributed by atoms with van der Waals surface area (Å²) >= 11 is 1.50. The van der Waals surface area contributed by atoms with E-state index in [1.54, 1.807) is 10.3 Å². The number of likely N-dealkylation sites (tertiary alicyclic amines) is 1. The Morgan fingerprint density at radius 2 is 1.79 bits per heavy atom. The largest absolute Gasteiger partial charge is 0.332 e. The second-order valence-electron chi connectivity index (χ2n) is 8.03. The predicted molar refractivity (Wildman–Crippen MR) is 133 cm³/mol. The quantitative estimate of drug-likeness (QED) is 0.551. The van der Waals surface area contributed by atoms with Gasteiger partial charge in [-0.3, -0.25) is 9.59 Å². The van der Waals surface area contributed by atoms with Crippen molar-refractivity contribution in [3.8, 4) is 11.8 Å². The molecule has 5 nitrogen and oxygen atoms in total. The van der Waals surface area contributed by atoms with Gasteiger partial charge in [-0.1, -0.05) is 48.9 Å². The van der Waals surface area contributed by atoms with Crippen LogP contribution in [0.2, 0.25) is 0 Å². The van der Waals surface area contributed by atoms with Gasteiger partial charge in [0.1, 0.15) is 5.69 Å². The number of carbonyl (C=O) groups excluding carboxylic acids is 2. The van der Waals surface area contributed by atoms with E-state index in [1.807, 2.05) is 61.5 Å². The molecule has 0 bridgehead atoms. The first-order chi connectivity index (χ1) is 16.0. The van der Waals surface area contributed by atoms with E-state index in [0.29, 0.717) is 18.8 Å². The van der Waals surface area contributed by atoms with Gasteiger partial charge in [-0.2, -0.15) is 0 Å². The lowest BCUT2D eigenvalue weighted by Crippen LogP contribution is -2.37. The fourth-order valence-corrected chi connectivity index (χ4v) is 4.76. The van der Waals surface area contributed by atoms with Gasteiger partial charge in [0.05, 0.1) is 5.01 Å². The maximum atomic E-state index is 12.8. The van der Waals surface area contributed by atoms with Gasteiger partial charge in [0.15, 0.2) is 0 Å². The minimum absolute atomic E-state index is 0.146. The average Bonchev–Trinajstić information content (AvgIpc) is 3.34. The van der Waals surface area contributed by atoms with Gasteiger partial charge in [-0.05, 0) is 43.5 Å². The molecule has 33 heavy (non-hydrogen) atoms. The van der Waals surface area contributed by atoms with Crippen LogP contribution in [0.4, 0.5) is 5.69 Å². The first-order valence-electron chi connectivity index (χ1n) is 10.9. The molecule has 1 saturated heterocycles. The molecule has 0 spiro atoms. The molecule has 0 aliphatic carbocycles. The van der Waals surface area contributed by atoms with E-state index in [0.717, 1.165) is 40.2 Å². The molecule has 1 aliphatic heterocycles. The molecule has 2 amide bonds. The Hall–Kier alpha value is -3.69. The highest BCUT2D eigenvalue weighted by atomic mass is 32.1. The lowest BCUT2D eigenvalue weighted by Gasteiger charge is -2.29. The molecular weight excluding hydrogens is 430 g/mol. The number of benzene rings is 2. The van der Waals surface area contributed by atoms with E-state index in [2.05, 4.69) is 28.7 Å². The van der Waals surface area contributed by atoms with Crippen molar-refractivity contribution in [2.45, 2.75) is 25.7 Å². The zero-order valence-electron chi connectivity index (χ0n) is 18.5. The Balaban J connectivity index is 1.34. The summed E-state index contributed by atoms with van der Waals surface area (Å²) in [6.07, 6.45) is 1.62. The number of anilines is 1. The molecule has 1 aliphatic rings. The number of nitrogens with zero attached hydrogens (tertiary/aromatic N) is 2. The highest BCUT2D eigenvalue weighted by Gasteiger charge is 2.26. The van der Waals surface area contributed by atoms with Crippen LogP contribution in [0.15, 0.2) is 66.6 Å². The summed E-state index contributed by atoms with van der Waals surface area (Å²) in [6, 6.07) is 17.1. The van der Waals surface area contributed by atoms with Gasteiger partial charge >= 0.3 is 0 Å². The lowest BCUT2D eigenvalue weighted by atomic mass is 9.97. The van der Waals surface area contributed by atoms with Crippen molar-refractivity contribution < 1.29 is 9.59 Å². The summed E-state index contributed by atoms with van der Waals surface area (Å²) in [5.74, 6) is 5.54. The number of allylic oxidation sites excluding steroid dienone is 1. The summed E-state index contributed by atoms with van der Waals surface area (Å²) in [7, 11) is 0.